The van der Waals surface area contributed by atoms with E-state index in [1.807, 2.05) is 97.1 Å². The summed E-state index contributed by atoms with van der Waals surface area (Å²) >= 11 is 0. The molecule has 2 bridgehead atoms. The van der Waals surface area contributed by atoms with Crippen molar-refractivity contribution in [2.75, 3.05) is 12.4 Å². The lowest BCUT2D eigenvalue weighted by atomic mass is 9.85. The quantitative estimate of drug-likeness (QED) is 0.232. The highest BCUT2D eigenvalue weighted by atomic mass is 16.5. The van der Waals surface area contributed by atoms with Crippen LogP contribution in [-0.2, 0) is 32.2 Å². The van der Waals surface area contributed by atoms with Gasteiger partial charge in [0.05, 0.1) is 31.4 Å². The van der Waals surface area contributed by atoms with Gasteiger partial charge in [0.2, 0.25) is 5.91 Å². The number of nitrogens with zero attached hydrogens (tertiary/aromatic N) is 1. The maximum Gasteiger partial charge on any atom is 0.313 e. The van der Waals surface area contributed by atoms with Crippen molar-refractivity contribution in [3.8, 4) is 5.75 Å². The summed E-state index contributed by atoms with van der Waals surface area (Å²) in [5.41, 5.74) is 2.83. The maximum atomic E-state index is 14.0. The van der Waals surface area contributed by atoms with Crippen molar-refractivity contribution in [3.63, 3.8) is 0 Å². The second-order valence-corrected chi connectivity index (χ2v) is 11.1. The summed E-state index contributed by atoms with van der Waals surface area (Å²) in [7, 11) is 1.40. The topological polar surface area (TPSA) is 77.1 Å². The maximum absolute atomic E-state index is 14.0. The first-order valence-corrected chi connectivity index (χ1v) is 14.2. The van der Waals surface area contributed by atoms with Gasteiger partial charge in [-0.2, -0.15) is 0 Å². The van der Waals surface area contributed by atoms with E-state index in [2.05, 4.69) is 24.1 Å². The van der Waals surface area contributed by atoms with E-state index in [1.165, 1.54) is 7.11 Å². The number of anilines is 1. The number of esters is 1. The summed E-state index contributed by atoms with van der Waals surface area (Å²) < 4.78 is 17.3. The van der Waals surface area contributed by atoms with Gasteiger partial charge in [-0.25, -0.2) is 0 Å². The Kier molecular flexibility index (Phi) is 9.17. The van der Waals surface area contributed by atoms with Gasteiger partial charge in [-0.15, -0.1) is 0 Å². The lowest BCUT2D eigenvalue weighted by Crippen LogP contribution is -2.56. The smallest absolute Gasteiger partial charge is 0.313 e. The molecule has 0 radical (unpaired) electrons. The number of carbonyl (C=O) groups excluding carboxylic acids is 2. The van der Waals surface area contributed by atoms with Gasteiger partial charge in [-0.3, -0.25) is 14.5 Å². The number of hydrogen-bond acceptors (Lipinski definition) is 6. The number of fused-ring (bicyclic) bond motifs is 2. The molecule has 0 aromatic heterocycles. The number of rotatable bonds is 12. The SMILES string of the molecule is COC(=O)[C@H]1[C@H](N(Cc2ccccc2)C(CC(C)C)C(=O)Nc2ccc(OCc3ccccc3)cc2)[C@@H]2C=C[C@H]1O2. The minimum absolute atomic E-state index is 0.122. The third kappa shape index (κ3) is 6.87. The molecule has 7 heteroatoms. The molecule has 3 aromatic rings. The van der Waals surface area contributed by atoms with E-state index in [0.717, 1.165) is 16.9 Å². The molecular weight excluding hydrogens is 516 g/mol. The van der Waals surface area contributed by atoms with Crippen LogP contribution in [0.4, 0.5) is 5.69 Å². The fraction of sp³-hybridized carbons (Fsp3) is 0.353. The van der Waals surface area contributed by atoms with Gasteiger partial charge in [-0.1, -0.05) is 86.7 Å². The van der Waals surface area contributed by atoms with Crippen LogP contribution in [0.1, 0.15) is 31.4 Å². The Morgan fingerprint density at radius 2 is 1.51 bits per heavy atom. The van der Waals surface area contributed by atoms with Crippen LogP contribution in [0, 0.1) is 11.8 Å². The Labute approximate surface area is 242 Å². The lowest BCUT2D eigenvalue weighted by Gasteiger charge is -2.40. The summed E-state index contributed by atoms with van der Waals surface area (Å²) in [5.74, 6) is 0.0115. The summed E-state index contributed by atoms with van der Waals surface area (Å²) in [6, 6.07) is 26.6. The van der Waals surface area contributed by atoms with Gasteiger partial charge < -0.3 is 19.5 Å². The predicted molar refractivity (Wildman–Crippen MR) is 158 cm³/mol. The number of amides is 1. The molecule has 2 aliphatic rings. The first-order chi connectivity index (χ1) is 19.9. The van der Waals surface area contributed by atoms with Crippen molar-refractivity contribution < 1.29 is 23.8 Å². The van der Waals surface area contributed by atoms with E-state index in [9.17, 15) is 9.59 Å². The predicted octanol–water partition coefficient (Wildman–Crippen LogP) is 5.62. The monoisotopic (exact) mass is 554 g/mol. The molecule has 1 amide bonds. The molecule has 0 aliphatic carbocycles. The number of benzene rings is 3. The molecule has 0 saturated carbocycles. The second-order valence-electron chi connectivity index (χ2n) is 11.1. The molecule has 3 aromatic carbocycles. The number of nitrogens with one attached hydrogen (secondary N) is 1. The first-order valence-electron chi connectivity index (χ1n) is 14.2. The van der Waals surface area contributed by atoms with Crippen molar-refractivity contribution >= 4 is 17.6 Å². The first kappa shape index (κ1) is 28.6. The highest BCUT2D eigenvalue weighted by Gasteiger charge is 2.54. The zero-order valence-corrected chi connectivity index (χ0v) is 23.8. The highest BCUT2D eigenvalue weighted by Crippen LogP contribution is 2.40. The second kappa shape index (κ2) is 13.1. The summed E-state index contributed by atoms with van der Waals surface area (Å²) in [5, 5.41) is 3.13. The third-order valence-corrected chi connectivity index (χ3v) is 7.70. The van der Waals surface area contributed by atoms with Crippen LogP contribution in [0.25, 0.3) is 0 Å². The number of carbonyl (C=O) groups is 2. The van der Waals surface area contributed by atoms with Gasteiger partial charge in [0, 0.05) is 12.2 Å². The number of hydrogen-bond donors (Lipinski definition) is 1. The van der Waals surface area contributed by atoms with Crippen LogP contribution >= 0.6 is 0 Å². The lowest BCUT2D eigenvalue weighted by molar-refractivity contribution is -0.149. The summed E-state index contributed by atoms with van der Waals surface area (Å²) in [4.78, 5) is 29.2. The normalized spacial score (nSPS) is 21.7. The molecule has 1 saturated heterocycles. The highest BCUT2D eigenvalue weighted by molar-refractivity contribution is 5.95. The van der Waals surface area contributed by atoms with Crippen molar-refractivity contribution in [1.29, 1.82) is 0 Å². The van der Waals surface area contributed by atoms with Crippen LogP contribution < -0.4 is 10.1 Å². The summed E-state index contributed by atoms with van der Waals surface area (Å²) in [6.07, 6.45) is 3.90. The van der Waals surface area contributed by atoms with Crippen molar-refractivity contribution in [2.24, 2.45) is 11.8 Å². The molecule has 1 fully saturated rings. The van der Waals surface area contributed by atoms with Crippen LogP contribution in [0.3, 0.4) is 0 Å². The number of methoxy groups -OCH3 is 1. The average Bonchev–Trinajstić information content (AvgIpc) is 3.61. The molecule has 2 heterocycles. The van der Waals surface area contributed by atoms with Crippen LogP contribution in [0.2, 0.25) is 0 Å². The van der Waals surface area contributed by atoms with Crippen molar-refractivity contribution in [3.05, 3.63) is 108 Å². The van der Waals surface area contributed by atoms with Gasteiger partial charge in [0.15, 0.2) is 0 Å². The Morgan fingerprint density at radius 1 is 0.878 bits per heavy atom. The molecule has 5 atom stereocenters. The van der Waals surface area contributed by atoms with Gasteiger partial charge in [-0.05, 0) is 47.7 Å². The molecule has 2 aliphatic heterocycles. The molecule has 41 heavy (non-hydrogen) atoms. The fourth-order valence-electron chi connectivity index (χ4n) is 5.75. The van der Waals surface area contributed by atoms with E-state index in [1.54, 1.807) is 0 Å². The molecular formula is C34H38N2O5. The molecule has 1 unspecified atom stereocenters. The zero-order valence-electron chi connectivity index (χ0n) is 23.8. The Bertz CT molecular complexity index is 1330. The minimum Gasteiger partial charge on any atom is -0.489 e. The van der Waals surface area contributed by atoms with Gasteiger partial charge in [0.25, 0.3) is 0 Å². The van der Waals surface area contributed by atoms with E-state index < -0.39 is 12.0 Å². The van der Waals surface area contributed by atoms with E-state index in [0.29, 0.717) is 25.3 Å². The molecule has 7 nitrogen and oxygen atoms in total. The molecule has 1 N–H and O–H groups in total. The molecule has 5 rings (SSSR count). The number of ether oxygens (including phenoxy) is 3. The standard InChI is InChI=1S/C34H38N2O5/c1-23(2)20-28(33(37)35-26-14-16-27(17-15-26)40-22-25-12-8-5-9-13-25)36(21-24-10-6-4-7-11-24)32-30-19-18-29(41-30)31(32)34(38)39-3/h4-19,23,28-32H,20-22H2,1-3H3,(H,35,37)/t28?,29-,30+,31-,32-/m1/s1. The minimum atomic E-state index is -0.512. The van der Waals surface area contributed by atoms with E-state index >= 15 is 0 Å². The fourth-order valence-corrected chi connectivity index (χ4v) is 5.75. The Morgan fingerprint density at radius 3 is 2.15 bits per heavy atom. The third-order valence-electron chi connectivity index (χ3n) is 7.70. The van der Waals surface area contributed by atoms with Crippen molar-refractivity contribution in [2.45, 2.75) is 57.7 Å². The average molecular weight is 555 g/mol. The van der Waals surface area contributed by atoms with Gasteiger partial charge in [0.1, 0.15) is 18.3 Å². The van der Waals surface area contributed by atoms with Crippen LogP contribution in [0.5, 0.6) is 5.75 Å². The van der Waals surface area contributed by atoms with Crippen LogP contribution in [-0.4, -0.2) is 48.2 Å². The van der Waals surface area contributed by atoms with Gasteiger partial charge >= 0.3 is 5.97 Å². The molecule has 214 valence electrons. The van der Waals surface area contributed by atoms with E-state index in [-0.39, 0.29) is 36.0 Å². The molecule has 0 spiro atoms. The zero-order chi connectivity index (χ0) is 28.8. The van der Waals surface area contributed by atoms with Crippen LogP contribution in [0.15, 0.2) is 97.1 Å². The largest absolute Gasteiger partial charge is 0.489 e. The Hall–Kier alpha value is -3.94. The van der Waals surface area contributed by atoms with E-state index in [4.69, 9.17) is 14.2 Å². The van der Waals surface area contributed by atoms with Crippen molar-refractivity contribution in [1.82, 2.24) is 4.90 Å². The summed E-state index contributed by atoms with van der Waals surface area (Å²) in [6.45, 7) is 5.18. The Balaban J connectivity index is 1.38.